The minimum atomic E-state index is -3.63. The molecule has 1 aliphatic heterocycles. The van der Waals surface area contributed by atoms with Crippen molar-refractivity contribution in [2.75, 3.05) is 20.2 Å². The van der Waals surface area contributed by atoms with Gasteiger partial charge in [0.15, 0.2) is 0 Å². The molecule has 0 bridgehead atoms. The smallest absolute Gasteiger partial charge is 0.296 e. The van der Waals surface area contributed by atoms with E-state index in [2.05, 4.69) is 17.1 Å². The minimum Gasteiger partial charge on any atom is -0.296 e. The van der Waals surface area contributed by atoms with E-state index in [-0.39, 0.29) is 17.5 Å². The van der Waals surface area contributed by atoms with Crippen LogP contribution in [-0.4, -0.2) is 39.6 Å². The fraction of sp³-hybridized carbons (Fsp3) is 0.429. The number of hydrogen-bond acceptors (Lipinski definition) is 4. The van der Waals surface area contributed by atoms with Gasteiger partial charge in [-0.2, -0.15) is 8.42 Å². The van der Waals surface area contributed by atoms with E-state index in [0.717, 1.165) is 12.1 Å². The van der Waals surface area contributed by atoms with Crippen molar-refractivity contribution in [2.45, 2.75) is 24.3 Å². The average molecular weight is 281 g/mol. The van der Waals surface area contributed by atoms with Crippen molar-refractivity contribution in [3.8, 4) is 0 Å². The lowest BCUT2D eigenvalue weighted by atomic mass is 10.2. The Kier molecular flexibility index (Phi) is 4.39. The Morgan fingerprint density at radius 2 is 2.00 bits per heavy atom. The maximum Gasteiger partial charge on any atom is 0.296 e. The van der Waals surface area contributed by atoms with Crippen LogP contribution in [-0.2, 0) is 14.3 Å². The molecule has 1 aromatic rings. The fourth-order valence-electron chi connectivity index (χ4n) is 2.03. The van der Waals surface area contributed by atoms with Crippen molar-refractivity contribution in [3.05, 3.63) is 42.0 Å². The predicted octanol–water partition coefficient (Wildman–Crippen LogP) is 1.96. The van der Waals surface area contributed by atoms with Gasteiger partial charge in [-0.25, -0.2) is 0 Å². The summed E-state index contributed by atoms with van der Waals surface area (Å²) in [6, 6.07) is 6.96. The molecule has 1 heterocycles. The highest BCUT2D eigenvalue weighted by molar-refractivity contribution is 7.86. The predicted molar refractivity (Wildman–Crippen MR) is 74.5 cm³/mol. The molecule has 4 nitrogen and oxygen atoms in total. The van der Waals surface area contributed by atoms with Crippen LogP contribution in [0.25, 0.3) is 0 Å². The summed E-state index contributed by atoms with van der Waals surface area (Å²) in [4.78, 5) is 2.37. The molecule has 0 saturated heterocycles. The van der Waals surface area contributed by atoms with Crippen molar-refractivity contribution in [3.63, 3.8) is 0 Å². The molecule has 0 aromatic heterocycles. The van der Waals surface area contributed by atoms with Gasteiger partial charge in [0.25, 0.3) is 10.1 Å². The molecule has 104 valence electrons. The second-order valence-electron chi connectivity index (χ2n) is 4.81. The first-order valence-corrected chi connectivity index (χ1v) is 7.73. The Bertz CT molecular complexity index is 549. The maximum absolute atomic E-state index is 11.9. The summed E-state index contributed by atoms with van der Waals surface area (Å²) in [5.41, 5.74) is 1.02. The third-order valence-corrected chi connectivity index (χ3v) is 4.61. The van der Waals surface area contributed by atoms with E-state index >= 15 is 0 Å². The van der Waals surface area contributed by atoms with Gasteiger partial charge in [0.1, 0.15) is 0 Å². The van der Waals surface area contributed by atoms with Crippen LogP contribution >= 0.6 is 0 Å². The van der Waals surface area contributed by atoms with E-state index in [1.807, 2.05) is 14.0 Å². The topological polar surface area (TPSA) is 46.6 Å². The molecular weight excluding hydrogens is 262 g/mol. The Labute approximate surface area is 114 Å². The molecule has 0 amide bonds. The Morgan fingerprint density at radius 3 is 2.58 bits per heavy atom. The highest BCUT2D eigenvalue weighted by Gasteiger charge is 2.18. The molecule has 1 atom stereocenters. The summed E-state index contributed by atoms with van der Waals surface area (Å²) in [6.07, 6.45) is 4.85. The SMILES string of the molecule is Cc1ccc(S(=O)(=O)OCCC2C=CCN2C)cc1. The summed E-state index contributed by atoms with van der Waals surface area (Å²) in [7, 11) is -1.62. The molecular formula is C14H19NO3S. The van der Waals surface area contributed by atoms with Gasteiger partial charge in [0, 0.05) is 12.6 Å². The highest BCUT2D eigenvalue weighted by atomic mass is 32.2. The van der Waals surface area contributed by atoms with Gasteiger partial charge >= 0.3 is 0 Å². The Morgan fingerprint density at radius 1 is 1.32 bits per heavy atom. The van der Waals surface area contributed by atoms with Crippen LogP contribution in [0.15, 0.2) is 41.3 Å². The van der Waals surface area contributed by atoms with Crippen LogP contribution in [0.1, 0.15) is 12.0 Å². The van der Waals surface area contributed by atoms with Crippen LogP contribution in [0.2, 0.25) is 0 Å². The van der Waals surface area contributed by atoms with E-state index in [1.165, 1.54) is 0 Å². The van der Waals surface area contributed by atoms with Gasteiger partial charge in [-0.05, 0) is 32.5 Å². The average Bonchev–Trinajstić information content (AvgIpc) is 2.75. The summed E-state index contributed by atoms with van der Waals surface area (Å²) < 4.78 is 29.0. The zero-order chi connectivity index (χ0) is 13.9. The van der Waals surface area contributed by atoms with E-state index < -0.39 is 10.1 Å². The third-order valence-electron chi connectivity index (χ3n) is 3.28. The molecule has 19 heavy (non-hydrogen) atoms. The molecule has 0 saturated carbocycles. The quantitative estimate of drug-likeness (QED) is 0.611. The first-order valence-electron chi connectivity index (χ1n) is 6.32. The van der Waals surface area contributed by atoms with Crippen LogP contribution < -0.4 is 0 Å². The van der Waals surface area contributed by atoms with Gasteiger partial charge in [-0.3, -0.25) is 9.08 Å². The number of rotatable bonds is 5. The molecule has 0 radical (unpaired) electrons. The minimum absolute atomic E-state index is 0.204. The molecule has 2 rings (SSSR count). The van der Waals surface area contributed by atoms with E-state index in [1.54, 1.807) is 24.3 Å². The van der Waals surface area contributed by atoms with Crippen LogP contribution in [0.3, 0.4) is 0 Å². The van der Waals surface area contributed by atoms with Gasteiger partial charge in [0.2, 0.25) is 0 Å². The maximum atomic E-state index is 11.9. The highest BCUT2D eigenvalue weighted by Crippen LogP contribution is 2.15. The second kappa shape index (κ2) is 5.86. The molecule has 0 fully saturated rings. The molecule has 1 aromatic carbocycles. The summed E-state index contributed by atoms with van der Waals surface area (Å²) in [6.45, 7) is 3.03. The first kappa shape index (κ1) is 14.2. The Hall–Kier alpha value is -1.17. The van der Waals surface area contributed by atoms with Crippen molar-refractivity contribution in [1.82, 2.24) is 4.90 Å². The lowest BCUT2D eigenvalue weighted by molar-refractivity contribution is 0.251. The van der Waals surface area contributed by atoms with Gasteiger partial charge < -0.3 is 0 Å². The number of likely N-dealkylation sites (N-methyl/N-ethyl adjacent to an activating group) is 1. The molecule has 1 aliphatic rings. The molecule has 0 aliphatic carbocycles. The lowest BCUT2D eigenvalue weighted by Crippen LogP contribution is -2.27. The normalized spacial score (nSPS) is 20.0. The summed E-state index contributed by atoms with van der Waals surface area (Å²) >= 11 is 0. The van der Waals surface area contributed by atoms with E-state index in [0.29, 0.717) is 6.42 Å². The lowest BCUT2D eigenvalue weighted by Gasteiger charge is -2.18. The first-order chi connectivity index (χ1) is 8.99. The van der Waals surface area contributed by atoms with Crippen molar-refractivity contribution < 1.29 is 12.6 Å². The summed E-state index contributed by atoms with van der Waals surface area (Å²) in [5.74, 6) is 0. The van der Waals surface area contributed by atoms with Crippen molar-refractivity contribution in [2.24, 2.45) is 0 Å². The third kappa shape index (κ3) is 3.65. The standard InChI is InChI=1S/C14H19NO3S/c1-12-5-7-14(8-6-12)19(16,17)18-11-9-13-4-3-10-15(13)2/h3-8,13H,9-11H2,1-2H3. The molecule has 1 unspecified atom stereocenters. The number of nitrogens with zero attached hydrogens (tertiary/aromatic N) is 1. The van der Waals surface area contributed by atoms with Gasteiger partial charge in [0.05, 0.1) is 11.5 Å². The fourth-order valence-corrected chi connectivity index (χ4v) is 2.96. The summed E-state index contributed by atoms with van der Waals surface area (Å²) in [5, 5.41) is 0. The zero-order valence-corrected chi connectivity index (χ0v) is 12.1. The number of benzene rings is 1. The van der Waals surface area contributed by atoms with Crippen LogP contribution in [0.5, 0.6) is 0 Å². The largest absolute Gasteiger partial charge is 0.296 e. The number of aryl methyl sites for hydroxylation is 1. The van der Waals surface area contributed by atoms with Gasteiger partial charge in [-0.15, -0.1) is 0 Å². The van der Waals surface area contributed by atoms with Crippen LogP contribution in [0.4, 0.5) is 0 Å². The van der Waals surface area contributed by atoms with Crippen molar-refractivity contribution in [1.29, 1.82) is 0 Å². The Balaban J connectivity index is 1.91. The van der Waals surface area contributed by atoms with E-state index in [4.69, 9.17) is 4.18 Å². The molecule has 0 N–H and O–H groups in total. The van der Waals surface area contributed by atoms with E-state index in [9.17, 15) is 8.42 Å². The monoisotopic (exact) mass is 281 g/mol. The van der Waals surface area contributed by atoms with Crippen LogP contribution in [0, 0.1) is 6.92 Å². The second-order valence-corrected chi connectivity index (χ2v) is 6.43. The zero-order valence-electron chi connectivity index (χ0n) is 11.2. The molecule has 5 heteroatoms. The number of hydrogen-bond donors (Lipinski definition) is 0. The van der Waals surface area contributed by atoms with Crippen molar-refractivity contribution >= 4 is 10.1 Å². The van der Waals surface area contributed by atoms with Gasteiger partial charge in [-0.1, -0.05) is 29.8 Å². The molecule has 0 spiro atoms.